The van der Waals surface area contributed by atoms with Gasteiger partial charge in [0.05, 0.1) is 12.8 Å². The van der Waals surface area contributed by atoms with Crippen molar-refractivity contribution in [3.05, 3.63) is 17.8 Å². The van der Waals surface area contributed by atoms with Gasteiger partial charge >= 0.3 is 0 Å². The van der Waals surface area contributed by atoms with Crippen molar-refractivity contribution in [1.82, 2.24) is 10.3 Å². The lowest BCUT2D eigenvalue weighted by Crippen LogP contribution is -2.20. The molecule has 1 heterocycles. The van der Waals surface area contributed by atoms with Gasteiger partial charge < -0.3 is 14.5 Å². The fraction of sp³-hybridized carbons (Fsp3) is 0.786. The molecule has 1 fully saturated rings. The van der Waals surface area contributed by atoms with Gasteiger partial charge in [0.15, 0.2) is 5.89 Å². The van der Waals surface area contributed by atoms with E-state index in [-0.39, 0.29) is 0 Å². The van der Waals surface area contributed by atoms with Gasteiger partial charge in [0.2, 0.25) is 0 Å². The zero-order chi connectivity index (χ0) is 12.6. The highest BCUT2D eigenvalue weighted by molar-refractivity contribution is 4.97. The molecule has 1 aliphatic rings. The van der Waals surface area contributed by atoms with Crippen LogP contribution < -0.4 is 5.32 Å². The normalized spacial score (nSPS) is 15.8. The number of rotatable bonds is 9. The van der Waals surface area contributed by atoms with Gasteiger partial charge in [0.25, 0.3) is 0 Å². The molecule has 1 saturated carbocycles. The number of methoxy groups -OCH3 is 1. The van der Waals surface area contributed by atoms with E-state index in [1.807, 2.05) is 6.20 Å². The molecule has 0 atom stereocenters. The van der Waals surface area contributed by atoms with Crippen molar-refractivity contribution in [2.75, 3.05) is 26.8 Å². The number of hydrogen-bond donors (Lipinski definition) is 1. The quantitative estimate of drug-likeness (QED) is 0.684. The van der Waals surface area contributed by atoms with Gasteiger partial charge in [-0.2, -0.15) is 0 Å². The summed E-state index contributed by atoms with van der Waals surface area (Å²) < 4.78 is 10.7. The highest BCUT2D eigenvalue weighted by Gasteiger charge is 2.19. The zero-order valence-electron chi connectivity index (χ0n) is 11.3. The summed E-state index contributed by atoms with van der Waals surface area (Å²) in [6.07, 6.45) is 9.08. The van der Waals surface area contributed by atoms with E-state index in [4.69, 9.17) is 9.15 Å². The first-order valence-electron chi connectivity index (χ1n) is 7.01. The maximum Gasteiger partial charge on any atom is 0.194 e. The first-order chi connectivity index (χ1) is 8.88. The molecule has 0 bridgehead atoms. The monoisotopic (exact) mass is 252 g/mol. The summed E-state index contributed by atoms with van der Waals surface area (Å²) in [6.45, 7) is 2.67. The van der Waals surface area contributed by atoms with Crippen LogP contribution in [0.25, 0.3) is 0 Å². The Hall–Kier alpha value is -0.870. The first-order valence-corrected chi connectivity index (χ1v) is 7.01. The second kappa shape index (κ2) is 7.54. The van der Waals surface area contributed by atoms with E-state index in [0.717, 1.165) is 56.5 Å². The molecule has 18 heavy (non-hydrogen) atoms. The summed E-state index contributed by atoms with van der Waals surface area (Å²) in [6, 6.07) is 0. The van der Waals surface area contributed by atoms with Crippen molar-refractivity contribution >= 4 is 0 Å². The molecule has 4 heteroatoms. The number of ether oxygens (including phenoxy) is 1. The third-order valence-electron chi connectivity index (χ3n) is 3.54. The molecule has 0 aromatic carbocycles. The van der Waals surface area contributed by atoms with E-state index in [1.165, 1.54) is 19.3 Å². The number of hydrogen-bond acceptors (Lipinski definition) is 4. The lowest BCUT2D eigenvalue weighted by atomic mass is 9.82. The minimum atomic E-state index is 0.768. The van der Waals surface area contributed by atoms with Crippen molar-refractivity contribution in [2.24, 2.45) is 5.92 Å². The maximum absolute atomic E-state index is 5.75. The lowest BCUT2D eigenvalue weighted by Gasteiger charge is -2.23. The molecule has 0 radical (unpaired) electrons. The van der Waals surface area contributed by atoms with Crippen LogP contribution in [-0.2, 0) is 17.6 Å². The van der Waals surface area contributed by atoms with Crippen LogP contribution in [0, 0.1) is 5.92 Å². The van der Waals surface area contributed by atoms with Gasteiger partial charge in [-0.25, -0.2) is 4.98 Å². The third-order valence-corrected chi connectivity index (χ3v) is 3.54. The highest BCUT2D eigenvalue weighted by Crippen LogP contribution is 2.29. The van der Waals surface area contributed by atoms with Crippen LogP contribution in [0.4, 0.5) is 0 Å². The van der Waals surface area contributed by atoms with Gasteiger partial charge in [0.1, 0.15) is 5.76 Å². The van der Waals surface area contributed by atoms with E-state index >= 15 is 0 Å². The SMILES string of the molecule is COCCNCCCc1ncc(CC2CCC2)o1. The Kier molecular flexibility index (Phi) is 5.68. The Balaban J connectivity index is 1.57. The Morgan fingerprint density at radius 3 is 3.06 bits per heavy atom. The molecule has 0 saturated heterocycles. The fourth-order valence-electron chi connectivity index (χ4n) is 2.20. The van der Waals surface area contributed by atoms with Crippen molar-refractivity contribution in [3.63, 3.8) is 0 Å². The van der Waals surface area contributed by atoms with Crippen LogP contribution in [0.5, 0.6) is 0 Å². The van der Waals surface area contributed by atoms with Gasteiger partial charge in [-0.1, -0.05) is 19.3 Å². The number of aromatic nitrogens is 1. The largest absolute Gasteiger partial charge is 0.446 e. The van der Waals surface area contributed by atoms with Crippen LogP contribution in [0.15, 0.2) is 10.6 Å². The fourth-order valence-corrected chi connectivity index (χ4v) is 2.20. The predicted octanol–water partition coefficient (Wildman–Crippen LogP) is 2.19. The summed E-state index contributed by atoms with van der Waals surface area (Å²) in [5.74, 6) is 2.81. The molecule has 102 valence electrons. The molecule has 1 aliphatic carbocycles. The Morgan fingerprint density at radius 2 is 2.33 bits per heavy atom. The summed E-state index contributed by atoms with van der Waals surface area (Å²) in [4.78, 5) is 4.34. The van der Waals surface area contributed by atoms with Crippen LogP contribution in [0.3, 0.4) is 0 Å². The smallest absolute Gasteiger partial charge is 0.194 e. The molecule has 0 amide bonds. The van der Waals surface area contributed by atoms with E-state index < -0.39 is 0 Å². The zero-order valence-corrected chi connectivity index (χ0v) is 11.3. The van der Waals surface area contributed by atoms with Gasteiger partial charge in [-0.3, -0.25) is 0 Å². The average Bonchev–Trinajstić information content (AvgIpc) is 2.76. The summed E-state index contributed by atoms with van der Waals surface area (Å²) in [5.41, 5.74) is 0. The summed E-state index contributed by atoms with van der Waals surface area (Å²) in [7, 11) is 1.72. The van der Waals surface area contributed by atoms with Crippen LogP contribution in [0.1, 0.15) is 37.3 Å². The van der Waals surface area contributed by atoms with Crippen molar-refractivity contribution < 1.29 is 9.15 Å². The molecule has 1 aromatic rings. The Morgan fingerprint density at radius 1 is 1.44 bits per heavy atom. The minimum absolute atomic E-state index is 0.768. The van der Waals surface area contributed by atoms with Crippen molar-refractivity contribution in [1.29, 1.82) is 0 Å². The second-order valence-corrected chi connectivity index (χ2v) is 5.07. The van der Waals surface area contributed by atoms with Crippen LogP contribution >= 0.6 is 0 Å². The first kappa shape index (κ1) is 13.6. The topological polar surface area (TPSA) is 47.3 Å². The minimum Gasteiger partial charge on any atom is -0.446 e. The molecule has 0 aliphatic heterocycles. The number of oxazole rings is 1. The molecular weight excluding hydrogens is 228 g/mol. The number of nitrogens with one attached hydrogen (secondary N) is 1. The summed E-state index contributed by atoms with van der Waals surface area (Å²) >= 11 is 0. The van der Waals surface area contributed by atoms with Crippen molar-refractivity contribution in [2.45, 2.75) is 38.5 Å². The molecule has 1 N–H and O–H groups in total. The summed E-state index contributed by atoms with van der Waals surface area (Å²) in [5, 5.41) is 3.32. The Labute approximate surface area is 109 Å². The molecule has 2 rings (SSSR count). The second-order valence-electron chi connectivity index (χ2n) is 5.07. The van der Waals surface area contributed by atoms with E-state index in [2.05, 4.69) is 10.3 Å². The lowest BCUT2D eigenvalue weighted by molar-refractivity contribution is 0.199. The van der Waals surface area contributed by atoms with E-state index in [1.54, 1.807) is 7.11 Å². The number of nitrogens with zero attached hydrogens (tertiary/aromatic N) is 1. The molecule has 1 aromatic heterocycles. The van der Waals surface area contributed by atoms with E-state index in [0.29, 0.717) is 0 Å². The predicted molar refractivity (Wildman–Crippen MR) is 70.6 cm³/mol. The Bertz CT molecular complexity index is 334. The average molecular weight is 252 g/mol. The standard InChI is InChI=1S/C14H24N2O2/c1-17-9-8-15-7-3-6-14-16-11-13(18-14)10-12-4-2-5-12/h11-12,15H,2-10H2,1H3. The van der Waals surface area contributed by atoms with Gasteiger partial charge in [-0.15, -0.1) is 0 Å². The van der Waals surface area contributed by atoms with Crippen LogP contribution in [-0.4, -0.2) is 31.8 Å². The maximum atomic E-state index is 5.75. The molecule has 4 nitrogen and oxygen atoms in total. The third kappa shape index (κ3) is 4.42. The van der Waals surface area contributed by atoms with Gasteiger partial charge in [-0.05, 0) is 18.9 Å². The van der Waals surface area contributed by atoms with Gasteiger partial charge in [0, 0.05) is 26.5 Å². The molecule has 0 spiro atoms. The molecule has 0 unspecified atom stereocenters. The number of aryl methyl sites for hydroxylation is 1. The molecular formula is C14H24N2O2. The highest BCUT2D eigenvalue weighted by atomic mass is 16.5. The van der Waals surface area contributed by atoms with E-state index in [9.17, 15) is 0 Å². The van der Waals surface area contributed by atoms with Crippen LogP contribution in [0.2, 0.25) is 0 Å². The van der Waals surface area contributed by atoms with Crippen molar-refractivity contribution in [3.8, 4) is 0 Å².